The SMILES string of the molecule is Cc1ccc(-c2cc(C(=O)NCC3CNCC3O)c3c(C)noc3n2)cc1. The van der Waals surface area contributed by atoms with Gasteiger partial charge in [0.2, 0.25) is 0 Å². The Labute approximate surface area is 156 Å². The molecule has 7 nitrogen and oxygen atoms in total. The number of carbonyl (C=O) groups excluding carboxylic acids is 1. The first-order valence-electron chi connectivity index (χ1n) is 9.04. The first-order chi connectivity index (χ1) is 13.0. The van der Waals surface area contributed by atoms with Crippen LogP contribution >= 0.6 is 0 Å². The van der Waals surface area contributed by atoms with Gasteiger partial charge in [0.05, 0.1) is 28.4 Å². The fraction of sp³-hybridized carbons (Fsp3) is 0.350. The molecule has 0 spiro atoms. The Kier molecular flexibility index (Phi) is 4.63. The van der Waals surface area contributed by atoms with Crippen LogP contribution in [0.3, 0.4) is 0 Å². The number of amides is 1. The second kappa shape index (κ2) is 7.09. The molecule has 140 valence electrons. The lowest BCUT2D eigenvalue weighted by atomic mass is 10.0. The Bertz CT molecular complexity index is 981. The second-order valence-electron chi connectivity index (χ2n) is 7.06. The topological polar surface area (TPSA) is 100 Å². The summed E-state index contributed by atoms with van der Waals surface area (Å²) in [5.74, 6) is -0.215. The number of rotatable bonds is 4. The van der Waals surface area contributed by atoms with Crippen molar-refractivity contribution in [3.8, 4) is 11.3 Å². The van der Waals surface area contributed by atoms with Gasteiger partial charge in [0.1, 0.15) is 0 Å². The van der Waals surface area contributed by atoms with Gasteiger partial charge < -0.3 is 20.3 Å². The molecule has 3 heterocycles. The molecule has 2 unspecified atom stereocenters. The molecule has 3 aromatic rings. The van der Waals surface area contributed by atoms with E-state index in [1.807, 2.05) is 31.2 Å². The third-order valence-corrected chi connectivity index (χ3v) is 5.04. The van der Waals surface area contributed by atoms with Crippen molar-refractivity contribution in [2.75, 3.05) is 19.6 Å². The normalized spacial score (nSPS) is 19.5. The van der Waals surface area contributed by atoms with E-state index in [9.17, 15) is 9.90 Å². The number of benzene rings is 1. The molecule has 2 aromatic heterocycles. The molecular formula is C20H22N4O3. The monoisotopic (exact) mass is 366 g/mol. The Hall–Kier alpha value is -2.77. The smallest absolute Gasteiger partial charge is 0.259 e. The zero-order chi connectivity index (χ0) is 19.0. The van der Waals surface area contributed by atoms with Gasteiger partial charge in [-0.25, -0.2) is 4.98 Å². The third kappa shape index (κ3) is 3.43. The number of hydrogen-bond donors (Lipinski definition) is 3. The molecule has 7 heteroatoms. The first kappa shape index (κ1) is 17.6. The number of aliphatic hydroxyl groups is 1. The van der Waals surface area contributed by atoms with E-state index >= 15 is 0 Å². The summed E-state index contributed by atoms with van der Waals surface area (Å²) in [5.41, 5.74) is 4.16. The standard InChI is InChI=1S/C20H22N4O3/c1-11-3-5-13(6-4-11)16-7-15(18-12(2)24-27-20(18)23-16)19(26)22-9-14-8-21-10-17(14)25/h3-7,14,17,21,25H,8-10H2,1-2H3,(H,22,26). The van der Waals surface area contributed by atoms with Crippen LogP contribution in [0.1, 0.15) is 21.6 Å². The van der Waals surface area contributed by atoms with Gasteiger partial charge in [-0.1, -0.05) is 35.0 Å². The average Bonchev–Trinajstić information content (AvgIpc) is 3.25. The van der Waals surface area contributed by atoms with Crippen LogP contribution in [-0.4, -0.2) is 46.9 Å². The van der Waals surface area contributed by atoms with E-state index in [0.717, 1.165) is 11.1 Å². The van der Waals surface area contributed by atoms with Crippen molar-refractivity contribution in [3.05, 3.63) is 47.2 Å². The predicted octanol–water partition coefficient (Wildman–Crippen LogP) is 1.82. The number of β-amino-alcohol motifs (C(OH)–C–C–N with tert-alkyl or cyclic N) is 1. The third-order valence-electron chi connectivity index (χ3n) is 5.04. The predicted molar refractivity (Wildman–Crippen MR) is 101 cm³/mol. The number of nitrogens with zero attached hydrogens (tertiary/aromatic N) is 2. The van der Waals surface area contributed by atoms with Crippen LogP contribution in [0.4, 0.5) is 0 Å². The Balaban J connectivity index is 1.68. The van der Waals surface area contributed by atoms with Gasteiger partial charge in [-0.15, -0.1) is 0 Å². The molecule has 4 rings (SSSR count). The molecule has 1 amide bonds. The number of pyridine rings is 1. The van der Waals surface area contributed by atoms with Gasteiger partial charge in [0.15, 0.2) is 0 Å². The lowest BCUT2D eigenvalue weighted by molar-refractivity contribution is 0.0928. The Morgan fingerprint density at radius 2 is 2.07 bits per heavy atom. The van der Waals surface area contributed by atoms with E-state index in [1.165, 1.54) is 0 Å². The highest BCUT2D eigenvalue weighted by Gasteiger charge is 2.26. The molecule has 0 aliphatic carbocycles. The molecule has 0 bridgehead atoms. The molecule has 1 aliphatic rings. The molecule has 2 atom stereocenters. The number of fused-ring (bicyclic) bond motifs is 1. The van der Waals surface area contributed by atoms with Crippen molar-refractivity contribution in [2.24, 2.45) is 5.92 Å². The first-order valence-corrected chi connectivity index (χ1v) is 9.04. The fourth-order valence-corrected chi connectivity index (χ4v) is 3.39. The second-order valence-corrected chi connectivity index (χ2v) is 7.06. The largest absolute Gasteiger partial charge is 0.391 e. The highest BCUT2D eigenvalue weighted by atomic mass is 16.5. The molecular weight excluding hydrogens is 344 g/mol. The maximum atomic E-state index is 12.9. The van der Waals surface area contributed by atoms with Crippen LogP contribution in [0.25, 0.3) is 22.4 Å². The average molecular weight is 366 g/mol. The molecule has 0 radical (unpaired) electrons. The lowest BCUT2D eigenvalue weighted by Gasteiger charge is -2.14. The van der Waals surface area contributed by atoms with Crippen molar-refractivity contribution in [1.29, 1.82) is 0 Å². The summed E-state index contributed by atoms with van der Waals surface area (Å²) in [7, 11) is 0. The van der Waals surface area contributed by atoms with Crippen molar-refractivity contribution >= 4 is 17.0 Å². The highest BCUT2D eigenvalue weighted by molar-refractivity contribution is 6.07. The molecule has 3 N–H and O–H groups in total. The van der Waals surface area contributed by atoms with E-state index < -0.39 is 6.10 Å². The van der Waals surface area contributed by atoms with Crippen molar-refractivity contribution in [1.82, 2.24) is 20.8 Å². The maximum Gasteiger partial charge on any atom is 0.259 e. The highest BCUT2D eigenvalue weighted by Crippen LogP contribution is 2.27. The van der Waals surface area contributed by atoms with Crippen LogP contribution in [0.2, 0.25) is 0 Å². The summed E-state index contributed by atoms with van der Waals surface area (Å²) in [6, 6.07) is 9.71. The van der Waals surface area contributed by atoms with Crippen LogP contribution in [0.5, 0.6) is 0 Å². The summed E-state index contributed by atoms with van der Waals surface area (Å²) in [6.45, 7) is 5.46. The number of aromatic nitrogens is 2. The summed E-state index contributed by atoms with van der Waals surface area (Å²) < 4.78 is 5.33. The fourth-order valence-electron chi connectivity index (χ4n) is 3.39. The molecule has 1 aliphatic heterocycles. The van der Waals surface area contributed by atoms with E-state index in [0.29, 0.717) is 47.7 Å². The summed E-state index contributed by atoms with van der Waals surface area (Å²) >= 11 is 0. The van der Waals surface area contributed by atoms with Crippen molar-refractivity contribution in [3.63, 3.8) is 0 Å². The summed E-state index contributed by atoms with van der Waals surface area (Å²) in [4.78, 5) is 17.4. The van der Waals surface area contributed by atoms with Gasteiger partial charge in [-0.2, -0.15) is 0 Å². The summed E-state index contributed by atoms with van der Waals surface area (Å²) in [6.07, 6.45) is -0.441. The Morgan fingerprint density at radius 3 is 2.78 bits per heavy atom. The lowest BCUT2D eigenvalue weighted by Crippen LogP contribution is -2.34. The van der Waals surface area contributed by atoms with Crippen LogP contribution < -0.4 is 10.6 Å². The number of hydrogen-bond acceptors (Lipinski definition) is 6. The van der Waals surface area contributed by atoms with Gasteiger partial charge >= 0.3 is 0 Å². The molecule has 1 saturated heterocycles. The maximum absolute atomic E-state index is 12.9. The summed E-state index contributed by atoms with van der Waals surface area (Å²) in [5, 5.41) is 20.6. The van der Waals surface area contributed by atoms with Crippen molar-refractivity contribution in [2.45, 2.75) is 20.0 Å². The minimum atomic E-state index is -0.441. The van der Waals surface area contributed by atoms with E-state index in [-0.39, 0.29) is 11.8 Å². The van der Waals surface area contributed by atoms with Crippen LogP contribution in [0, 0.1) is 19.8 Å². The van der Waals surface area contributed by atoms with Gasteiger partial charge in [-0.05, 0) is 19.9 Å². The van der Waals surface area contributed by atoms with E-state index in [4.69, 9.17) is 4.52 Å². The van der Waals surface area contributed by atoms with E-state index in [1.54, 1.807) is 13.0 Å². The van der Waals surface area contributed by atoms with Gasteiger partial charge in [0, 0.05) is 31.1 Å². The molecule has 27 heavy (non-hydrogen) atoms. The van der Waals surface area contributed by atoms with Gasteiger partial charge in [-0.3, -0.25) is 4.79 Å². The quantitative estimate of drug-likeness (QED) is 0.651. The van der Waals surface area contributed by atoms with Gasteiger partial charge in [0.25, 0.3) is 11.6 Å². The Morgan fingerprint density at radius 1 is 1.30 bits per heavy atom. The number of aliphatic hydroxyl groups excluding tert-OH is 1. The van der Waals surface area contributed by atoms with E-state index in [2.05, 4.69) is 20.8 Å². The van der Waals surface area contributed by atoms with Crippen LogP contribution in [0.15, 0.2) is 34.9 Å². The minimum absolute atomic E-state index is 0.00594. The minimum Gasteiger partial charge on any atom is -0.391 e. The number of aryl methyl sites for hydroxylation is 2. The number of nitrogens with one attached hydrogen (secondary N) is 2. The zero-order valence-corrected chi connectivity index (χ0v) is 15.3. The molecule has 1 aromatic carbocycles. The molecule has 0 saturated carbocycles. The van der Waals surface area contributed by atoms with Crippen molar-refractivity contribution < 1.29 is 14.4 Å². The molecule has 1 fully saturated rings. The zero-order valence-electron chi connectivity index (χ0n) is 15.3. The van der Waals surface area contributed by atoms with Crippen LogP contribution in [-0.2, 0) is 0 Å². The number of carbonyl (C=O) groups is 1.